The van der Waals surface area contributed by atoms with Gasteiger partial charge in [0.05, 0.1) is 23.4 Å². The first-order valence-electron chi connectivity index (χ1n) is 8.33. The maximum atomic E-state index is 13.2. The number of esters is 1. The summed E-state index contributed by atoms with van der Waals surface area (Å²) in [6, 6.07) is 15.2. The van der Waals surface area contributed by atoms with Crippen LogP contribution in [-0.2, 0) is 9.47 Å². The van der Waals surface area contributed by atoms with Crippen LogP contribution in [0.4, 0.5) is 5.69 Å². The Kier molecular flexibility index (Phi) is 6.19. The largest absolute Gasteiger partial charge is 0.465 e. The maximum Gasteiger partial charge on any atom is 0.337 e. The second-order valence-electron chi connectivity index (χ2n) is 5.99. The number of fused-ring (bicyclic) bond motifs is 1. The Labute approximate surface area is 172 Å². The molecule has 0 unspecified atom stereocenters. The van der Waals surface area contributed by atoms with Gasteiger partial charge in [0, 0.05) is 23.1 Å². The molecule has 0 fully saturated rings. The highest BCUT2D eigenvalue weighted by Gasteiger charge is 2.23. The monoisotopic (exact) mass is 417 g/mol. The van der Waals surface area contributed by atoms with E-state index in [2.05, 4.69) is 0 Å². The third-order valence-electron chi connectivity index (χ3n) is 4.18. The molecule has 7 heteroatoms. The summed E-state index contributed by atoms with van der Waals surface area (Å²) in [5.41, 5.74) is 1.17. The summed E-state index contributed by atoms with van der Waals surface area (Å²) < 4.78 is 10.1. The molecule has 5 nitrogen and oxygen atoms in total. The lowest BCUT2D eigenvalue weighted by atomic mass is 10.0. The molecular formula is C21H17Cl2NO4. The van der Waals surface area contributed by atoms with Crippen molar-refractivity contribution >= 4 is 51.5 Å². The smallest absolute Gasteiger partial charge is 0.337 e. The number of carbonyl (C=O) groups is 2. The maximum absolute atomic E-state index is 13.2. The van der Waals surface area contributed by atoms with Crippen molar-refractivity contribution in [2.45, 2.75) is 0 Å². The Morgan fingerprint density at radius 1 is 0.964 bits per heavy atom. The highest BCUT2D eigenvalue weighted by atomic mass is 35.5. The molecule has 28 heavy (non-hydrogen) atoms. The van der Waals surface area contributed by atoms with Crippen LogP contribution in [0.25, 0.3) is 10.8 Å². The average molecular weight is 418 g/mol. The van der Waals surface area contributed by atoms with Crippen LogP contribution in [0.2, 0.25) is 10.0 Å². The van der Waals surface area contributed by atoms with Gasteiger partial charge in [-0.2, -0.15) is 0 Å². The summed E-state index contributed by atoms with van der Waals surface area (Å²) in [6.45, 7) is -0.0353. The molecule has 0 bridgehead atoms. The zero-order valence-corrected chi connectivity index (χ0v) is 16.8. The molecule has 0 aliphatic carbocycles. The van der Waals surface area contributed by atoms with Crippen molar-refractivity contribution in [1.82, 2.24) is 0 Å². The summed E-state index contributed by atoms with van der Waals surface area (Å²) >= 11 is 12.6. The topological polar surface area (TPSA) is 55.8 Å². The average Bonchev–Trinajstić information content (AvgIpc) is 2.70. The van der Waals surface area contributed by atoms with Crippen LogP contribution in [0.15, 0.2) is 54.6 Å². The summed E-state index contributed by atoms with van der Waals surface area (Å²) in [4.78, 5) is 26.8. The molecule has 0 spiro atoms. The van der Waals surface area contributed by atoms with Crippen molar-refractivity contribution < 1.29 is 19.1 Å². The molecule has 0 saturated heterocycles. The lowest BCUT2D eigenvalue weighted by molar-refractivity contribution is 0.0600. The Bertz CT molecular complexity index is 1040. The molecule has 144 valence electrons. The van der Waals surface area contributed by atoms with Crippen LogP contribution < -0.4 is 4.90 Å². The van der Waals surface area contributed by atoms with E-state index in [1.54, 1.807) is 48.5 Å². The minimum atomic E-state index is -0.538. The number of hydrogen-bond donors (Lipinski definition) is 0. The Morgan fingerprint density at radius 2 is 1.68 bits per heavy atom. The Hall–Kier alpha value is -2.60. The van der Waals surface area contributed by atoms with Crippen LogP contribution in [0.1, 0.15) is 20.7 Å². The van der Waals surface area contributed by atoms with E-state index in [-0.39, 0.29) is 18.2 Å². The zero-order chi connectivity index (χ0) is 20.3. The van der Waals surface area contributed by atoms with Crippen LogP contribution in [0.5, 0.6) is 0 Å². The van der Waals surface area contributed by atoms with Gasteiger partial charge in [0.1, 0.15) is 6.73 Å². The van der Waals surface area contributed by atoms with Gasteiger partial charge in [-0.15, -0.1) is 0 Å². The van der Waals surface area contributed by atoms with Crippen molar-refractivity contribution in [1.29, 1.82) is 0 Å². The van der Waals surface area contributed by atoms with Crippen molar-refractivity contribution in [3.63, 3.8) is 0 Å². The lowest BCUT2D eigenvalue weighted by Crippen LogP contribution is -2.33. The molecule has 0 aliphatic rings. The number of halogens is 2. The summed E-state index contributed by atoms with van der Waals surface area (Å²) in [7, 11) is 2.77. The second kappa shape index (κ2) is 8.61. The number of rotatable bonds is 5. The number of carbonyl (C=O) groups excluding carboxylic acids is 2. The van der Waals surface area contributed by atoms with Crippen molar-refractivity contribution in [2.24, 2.45) is 0 Å². The first kappa shape index (κ1) is 20.1. The molecule has 0 saturated carbocycles. The molecule has 3 aromatic rings. The van der Waals surface area contributed by atoms with Crippen LogP contribution >= 0.6 is 23.2 Å². The van der Waals surface area contributed by atoms with Gasteiger partial charge < -0.3 is 9.47 Å². The fraction of sp³-hybridized carbons (Fsp3) is 0.143. The van der Waals surface area contributed by atoms with E-state index >= 15 is 0 Å². The van der Waals surface area contributed by atoms with E-state index in [0.717, 1.165) is 0 Å². The highest BCUT2D eigenvalue weighted by Crippen LogP contribution is 2.37. The molecule has 0 N–H and O–H groups in total. The molecule has 3 rings (SSSR count). The minimum Gasteiger partial charge on any atom is -0.465 e. The molecule has 0 aliphatic heterocycles. The zero-order valence-electron chi connectivity index (χ0n) is 15.2. The molecule has 3 aromatic carbocycles. The molecular weight excluding hydrogens is 401 g/mol. The SMILES string of the molecule is COCN(C(=O)c1ccccc1)c1cc(C(=O)OC)cc2cc(Cl)cc(Cl)c12. The second-order valence-corrected chi connectivity index (χ2v) is 6.83. The van der Waals surface area contributed by atoms with Gasteiger partial charge in [-0.1, -0.05) is 41.4 Å². The van der Waals surface area contributed by atoms with Crippen molar-refractivity contribution in [3.05, 3.63) is 75.8 Å². The molecule has 0 aromatic heterocycles. The normalized spacial score (nSPS) is 10.7. The van der Waals surface area contributed by atoms with Gasteiger partial charge in [-0.3, -0.25) is 9.69 Å². The van der Waals surface area contributed by atoms with Gasteiger partial charge >= 0.3 is 5.97 Å². The number of hydrogen-bond acceptors (Lipinski definition) is 4. The van der Waals surface area contributed by atoms with Crippen LogP contribution in [0.3, 0.4) is 0 Å². The minimum absolute atomic E-state index is 0.0353. The predicted molar refractivity (Wildman–Crippen MR) is 110 cm³/mol. The fourth-order valence-corrected chi connectivity index (χ4v) is 3.56. The molecule has 0 radical (unpaired) electrons. The van der Waals surface area contributed by atoms with E-state index < -0.39 is 5.97 Å². The van der Waals surface area contributed by atoms with Crippen molar-refractivity contribution in [3.8, 4) is 0 Å². The van der Waals surface area contributed by atoms with Crippen molar-refractivity contribution in [2.75, 3.05) is 25.9 Å². The number of anilines is 1. The first-order chi connectivity index (χ1) is 13.5. The third-order valence-corrected chi connectivity index (χ3v) is 4.70. The molecule has 1 amide bonds. The summed E-state index contributed by atoms with van der Waals surface area (Å²) in [5.74, 6) is -0.833. The summed E-state index contributed by atoms with van der Waals surface area (Å²) in [5, 5.41) is 1.96. The summed E-state index contributed by atoms with van der Waals surface area (Å²) in [6.07, 6.45) is 0. The standard InChI is InChI=1S/C21H17Cl2NO4/c1-27-12-24(20(25)13-6-4-3-5-7-13)18-10-15(21(26)28-2)8-14-9-16(22)11-17(23)19(14)18/h3-11H,12H2,1-2H3. The lowest BCUT2D eigenvalue weighted by Gasteiger charge is -2.25. The quantitative estimate of drug-likeness (QED) is 0.423. The van der Waals surface area contributed by atoms with E-state index in [9.17, 15) is 9.59 Å². The number of methoxy groups -OCH3 is 2. The number of ether oxygens (including phenoxy) is 2. The van der Waals surface area contributed by atoms with Gasteiger partial charge in [0.2, 0.25) is 0 Å². The number of amides is 1. The van der Waals surface area contributed by atoms with Gasteiger partial charge in [-0.05, 0) is 41.8 Å². The molecule has 0 heterocycles. The first-order valence-corrected chi connectivity index (χ1v) is 9.08. The number of nitrogens with zero attached hydrogens (tertiary/aromatic N) is 1. The van der Waals surface area contributed by atoms with Gasteiger partial charge in [0.15, 0.2) is 0 Å². The van der Waals surface area contributed by atoms with E-state index in [4.69, 9.17) is 32.7 Å². The fourth-order valence-electron chi connectivity index (χ4n) is 2.96. The van der Waals surface area contributed by atoms with Gasteiger partial charge in [0.25, 0.3) is 5.91 Å². The molecule has 0 atom stereocenters. The number of benzene rings is 3. The Balaban J connectivity index is 2.27. The Morgan fingerprint density at radius 3 is 2.32 bits per heavy atom. The van der Waals surface area contributed by atoms with E-state index in [1.165, 1.54) is 19.1 Å². The van der Waals surface area contributed by atoms with Crippen LogP contribution in [0, 0.1) is 0 Å². The predicted octanol–water partition coefficient (Wildman–Crippen LogP) is 5.18. The highest BCUT2D eigenvalue weighted by molar-refractivity contribution is 6.40. The van der Waals surface area contributed by atoms with Crippen LogP contribution in [-0.4, -0.2) is 32.8 Å². The van der Waals surface area contributed by atoms with E-state index in [0.29, 0.717) is 32.1 Å². The van der Waals surface area contributed by atoms with E-state index in [1.807, 2.05) is 6.07 Å². The third kappa shape index (κ3) is 3.97. The van der Waals surface area contributed by atoms with Gasteiger partial charge in [-0.25, -0.2) is 4.79 Å².